The summed E-state index contributed by atoms with van der Waals surface area (Å²) >= 11 is 0. The van der Waals surface area contributed by atoms with Crippen LogP contribution in [0.2, 0.25) is 0 Å². The summed E-state index contributed by atoms with van der Waals surface area (Å²) in [5.74, 6) is 0.610. The van der Waals surface area contributed by atoms with Gasteiger partial charge in [0, 0.05) is 18.8 Å². The van der Waals surface area contributed by atoms with Crippen molar-refractivity contribution in [3.8, 4) is 0 Å². The van der Waals surface area contributed by atoms with Crippen molar-refractivity contribution in [2.24, 2.45) is 0 Å². The van der Waals surface area contributed by atoms with E-state index in [4.69, 9.17) is 0 Å². The molecule has 0 atom stereocenters. The Morgan fingerprint density at radius 2 is 2.05 bits per heavy atom. The molecule has 1 saturated heterocycles. The van der Waals surface area contributed by atoms with Crippen LogP contribution in [0.4, 0.5) is 5.82 Å². The third kappa shape index (κ3) is 4.29. The maximum absolute atomic E-state index is 11.8. The van der Waals surface area contributed by atoms with Crippen LogP contribution in [-0.4, -0.2) is 55.3 Å². The molecule has 1 amide bonds. The molecule has 1 aliphatic rings. The zero-order valence-electron chi connectivity index (χ0n) is 10.8. The number of aromatic nitrogens is 1. The van der Waals surface area contributed by atoms with Crippen LogP contribution in [0.5, 0.6) is 0 Å². The van der Waals surface area contributed by atoms with E-state index in [-0.39, 0.29) is 24.0 Å². The van der Waals surface area contributed by atoms with Crippen LogP contribution >= 0.6 is 0 Å². The van der Waals surface area contributed by atoms with Crippen molar-refractivity contribution < 1.29 is 13.2 Å². The highest BCUT2D eigenvalue weighted by Crippen LogP contribution is 2.06. The fourth-order valence-electron chi connectivity index (χ4n) is 1.91. The van der Waals surface area contributed by atoms with Crippen molar-refractivity contribution >= 4 is 21.6 Å². The molecule has 0 aromatic carbocycles. The van der Waals surface area contributed by atoms with Gasteiger partial charge in [-0.2, -0.15) is 0 Å². The number of amides is 1. The Kier molecular flexibility index (Phi) is 4.16. The van der Waals surface area contributed by atoms with Gasteiger partial charge in [-0.05, 0) is 19.1 Å². The standard InChI is InChI=1S/C12H17N3O3S/c1-10-3-2-4-11(13-10)14-12(16)9-15-5-7-19(17,18)8-6-15/h2-4H,5-9H2,1H3,(H,13,14,16). The fourth-order valence-corrected chi connectivity index (χ4v) is 3.18. The quantitative estimate of drug-likeness (QED) is 0.848. The van der Waals surface area contributed by atoms with E-state index >= 15 is 0 Å². The summed E-state index contributed by atoms with van der Waals surface area (Å²) in [4.78, 5) is 17.8. The number of anilines is 1. The lowest BCUT2D eigenvalue weighted by Gasteiger charge is -2.25. The van der Waals surface area contributed by atoms with Crippen LogP contribution in [0.25, 0.3) is 0 Å². The molecule has 0 aliphatic carbocycles. The van der Waals surface area contributed by atoms with Crippen molar-refractivity contribution in [2.45, 2.75) is 6.92 Å². The second kappa shape index (κ2) is 5.66. The largest absolute Gasteiger partial charge is 0.310 e. The number of nitrogens with one attached hydrogen (secondary N) is 1. The zero-order valence-corrected chi connectivity index (χ0v) is 11.6. The first-order valence-electron chi connectivity index (χ1n) is 6.11. The van der Waals surface area contributed by atoms with Crippen molar-refractivity contribution in [3.05, 3.63) is 23.9 Å². The summed E-state index contributed by atoms with van der Waals surface area (Å²) in [6, 6.07) is 5.40. The SMILES string of the molecule is Cc1cccc(NC(=O)CN2CCS(=O)(=O)CC2)n1. The highest BCUT2D eigenvalue weighted by molar-refractivity contribution is 7.91. The van der Waals surface area contributed by atoms with E-state index in [1.807, 2.05) is 24.0 Å². The van der Waals surface area contributed by atoms with Crippen molar-refractivity contribution in [3.63, 3.8) is 0 Å². The Morgan fingerprint density at radius 3 is 2.68 bits per heavy atom. The summed E-state index contributed by atoms with van der Waals surface area (Å²) in [5.41, 5.74) is 0.835. The molecule has 0 unspecified atom stereocenters. The monoisotopic (exact) mass is 283 g/mol. The van der Waals surface area contributed by atoms with Gasteiger partial charge in [0.25, 0.3) is 0 Å². The Hall–Kier alpha value is -1.47. The van der Waals surface area contributed by atoms with Crippen LogP contribution in [0.1, 0.15) is 5.69 Å². The maximum atomic E-state index is 11.8. The third-order valence-corrected chi connectivity index (χ3v) is 4.57. The molecule has 0 bridgehead atoms. The van der Waals surface area contributed by atoms with E-state index in [1.54, 1.807) is 6.07 Å². The second-order valence-corrected chi connectivity index (χ2v) is 6.94. The third-order valence-electron chi connectivity index (χ3n) is 2.96. The van der Waals surface area contributed by atoms with Gasteiger partial charge in [-0.1, -0.05) is 6.07 Å². The predicted molar refractivity (Wildman–Crippen MR) is 72.7 cm³/mol. The highest BCUT2D eigenvalue weighted by atomic mass is 32.2. The maximum Gasteiger partial charge on any atom is 0.239 e. The van der Waals surface area contributed by atoms with Gasteiger partial charge in [0.15, 0.2) is 9.84 Å². The van der Waals surface area contributed by atoms with Crippen molar-refractivity contribution in [1.82, 2.24) is 9.88 Å². The molecule has 1 aromatic heterocycles. The van der Waals surface area contributed by atoms with E-state index in [2.05, 4.69) is 10.3 Å². The van der Waals surface area contributed by atoms with E-state index in [9.17, 15) is 13.2 Å². The Balaban J connectivity index is 1.85. The minimum Gasteiger partial charge on any atom is -0.310 e. The minimum absolute atomic E-state index is 0.128. The lowest BCUT2D eigenvalue weighted by atomic mass is 10.3. The lowest BCUT2D eigenvalue weighted by molar-refractivity contribution is -0.117. The van der Waals surface area contributed by atoms with Gasteiger partial charge in [0.05, 0.1) is 18.1 Å². The van der Waals surface area contributed by atoms with Gasteiger partial charge in [-0.25, -0.2) is 13.4 Å². The topological polar surface area (TPSA) is 79.4 Å². The van der Waals surface area contributed by atoms with Gasteiger partial charge < -0.3 is 5.32 Å². The molecule has 104 valence electrons. The fraction of sp³-hybridized carbons (Fsp3) is 0.500. The smallest absolute Gasteiger partial charge is 0.239 e. The van der Waals surface area contributed by atoms with E-state index < -0.39 is 9.84 Å². The van der Waals surface area contributed by atoms with Crippen LogP contribution in [0.15, 0.2) is 18.2 Å². The second-order valence-electron chi connectivity index (χ2n) is 4.64. The summed E-state index contributed by atoms with van der Waals surface area (Å²) in [6.07, 6.45) is 0. The number of carbonyl (C=O) groups excluding carboxylic acids is 1. The van der Waals surface area contributed by atoms with Gasteiger partial charge in [0.2, 0.25) is 5.91 Å². The molecule has 19 heavy (non-hydrogen) atoms. The summed E-state index contributed by atoms with van der Waals surface area (Å²) in [7, 11) is -2.90. The van der Waals surface area contributed by atoms with Gasteiger partial charge >= 0.3 is 0 Å². The first kappa shape index (κ1) is 14.0. The minimum atomic E-state index is -2.90. The average Bonchev–Trinajstić information content (AvgIpc) is 2.32. The van der Waals surface area contributed by atoms with Crippen molar-refractivity contribution in [2.75, 3.05) is 36.5 Å². The lowest BCUT2D eigenvalue weighted by Crippen LogP contribution is -2.43. The summed E-state index contributed by atoms with van der Waals surface area (Å²) in [5, 5.41) is 2.71. The Morgan fingerprint density at radius 1 is 1.37 bits per heavy atom. The molecule has 1 N–H and O–H groups in total. The van der Waals surface area contributed by atoms with Gasteiger partial charge in [-0.15, -0.1) is 0 Å². The first-order chi connectivity index (χ1) is 8.94. The molecular formula is C12H17N3O3S. The molecule has 0 saturated carbocycles. The molecule has 6 nitrogen and oxygen atoms in total. The molecular weight excluding hydrogens is 266 g/mol. The number of hydrogen-bond acceptors (Lipinski definition) is 5. The number of sulfone groups is 1. The van der Waals surface area contributed by atoms with Crippen LogP contribution < -0.4 is 5.32 Å². The normalized spacial score (nSPS) is 19.0. The molecule has 2 heterocycles. The highest BCUT2D eigenvalue weighted by Gasteiger charge is 2.22. The average molecular weight is 283 g/mol. The number of pyridine rings is 1. The summed E-state index contributed by atoms with van der Waals surface area (Å²) in [6.45, 7) is 2.88. The number of rotatable bonds is 3. The molecule has 2 rings (SSSR count). The van der Waals surface area contributed by atoms with Gasteiger partial charge in [0.1, 0.15) is 5.82 Å². The zero-order chi connectivity index (χ0) is 13.9. The van der Waals surface area contributed by atoms with E-state index in [0.29, 0.717) is 18.9 Å². The number of hydrogen-bond donors (Lipinski definition) is 1. The summed E-state index contributed by atoms with van der Waals surface area (Å²) < 4.78 is 22.5. The van der Waals surface area contributed by atoms with Gasteiger partial charge in [-0.3, -0.25) is 9.69 Å². The molecule has 1 aliphatic heterocycles. The van der Waals surface area contributed by atoms with Crippen molar-refractivity contribution in [1.29, 1.82) is 0 Å². The predicted octanol–water partition coefficient (Wildman–Crippen LogP) is 0.0589. The number of nitrogens with zero attached hydrogens (tertiary/aromatic N) is 2. The molecule has 1 fully saturated rings. The number of aryl methyl sites for hydroxylation is 1. The Bertz CT molecular complexity index is 557. The first-order valence-corrected chi connectivity index (χ1v) is 7.93. The Labute approximate surface area is 112 Å². The molecule has 0 radical (unpaired) electrons. The van der Waals surface area contributed by atoms with E-state index in [1.165, 1.54) is 0 Å². The van der Waals surface area contributed by atoms with E-state index in [0.717, 1.165) is 5.69 Å². The van der Waals surface area contributed by atoms with Crippen LogP contribution in [0, 0.1) is 6.92 Å². The molecule has 0 spiro atoms. The number of carbonyl (C=O) groups is 1. The van der Waals surface area contributed by atoms with Crippen LogP contribution in [-0.2, 0) is 14.6 Å². The molecule has 7 heteroatoms. The molecule has 1 aromatic rings. The van der Waals surface area contributed by atoms with Crippen LogP contribution in [0.3, 0.4) is 0 Å².